The van der Waals surface area contributed by atoms with Crippen LogP contribution in [0.4, 0.5) is 0 Å². The quantitative estimate of drug-likeness (QED) is 0.554. The smallest absolute Gasteiger partial charge is 0.346 e. The normalized spacial score (nSPS) is 15.8. The fraction of sp³-hybridized carbons (Fsp3) is 0.400. The molecule has 1 aromatic heterocycles. The van der Waals surface area contributed by atoms with E-state index in [0.717, 1.165) is 54.7 Å². The van der Waals surface area contributed by atoms with Crippen LogP contribution >= 0.6 is 11.3 Å². The van der Waals surface area contributed by atoms with Crippen LogP contribution in [0.25, 0.3) is 10.1 Å². The molecule has 1 saturated heterocycles. The van der Waals surface area contributed by atoms with Gasteiger partial charge in [0.1, 0.15) is 4.88 Å². The van der Waals surface area contributed by atoms with Gasteiger partial charge in [0.25, 0.3) is 0 Å². The molecule has 0 bridgehead atoms. The van der Waals surface area contributed by atoms with Gasteiger partial charge in [0.05, 0.1) is 0 Å². The monoisotopic (exact) mass is 422 g/mol. The number of piperidine rings is 1. The Bertz CT molecular complexity index is 1010. The lowest BCUT2D eigenvalue weighted by atomic mass is 10.0. The van der Waals surface area contributed by atoms with Gasteiger partial charge in [-0.15, -0.1) is 11.3 Å². The molecule has 0 aliphatic carbocycles. The molecule has 4 rings (SSSR count). The van der Waals surface area contributed by atoms with Gasteiger partial charge in [-0.2, -0.15) is 0 Å². The van der Waals surface area contributed by atoms with Crippen molar-refractivity contribution in [3.63, 3.8) is 0 Å². The number of hydrogen-bond donors (Lipinski definition) is 1. The van der Waals surface area contributed by atoms with Gasteiger partial charge >= 0.3 is 5.97 Å². The zero-order valence-electron chi connectivity index (χ0n) is 17.8. The van der Waals surface area contributed by atoms with Crippen molar-refractivity contribution in [1.82, 2.24) is 9.80 Å². The minimum Gasteiger partial charge on any atom is -0.477 e. The molecule has 0 saturated carbocycles. The minimum atomic E-state index is -0.808. The summed E-state index contributed by atoms with van der Waals surface area (Å²) in [5.74, 6) is -0.808. The summed E-state index contributed by atoms with van der Waals surface area (Å²) in [6.45, 7) is 9.08. The first-order valence-corrected chi connectivity index (χ1v) is 11.6. The summed E-state index contributed by atoms with van der Waals surface area (Å²) < 4.78 is 1.08. The maximum atomic E-state index is 11.9. The number of carbonyl (C=O) groups is 1. The Morgan fingerprint density at radius 3 is 2.57 bits per heavy atom. The van der Waals surface area contributed by atoms with Crippen molar-refractivity contribution >= 4 is 27.4 Å². The Hall–Kier alpha value is -2.21. The molecule has 1 N–H and O–H groups in total. The van der Waals surface area contributed by atoms with E-state index in [1.165, 1.54) is 22.5 Å². The predicted octanol–water partition coefficient (Wildman–Crippen LogP) is 5.39. The first kappa shape index (κ1) is 21.0. The SMILES string of the molecule is CCN(Cc1c(C(=O)O)sc2cc(C)ccc12)C1CCN(Cc2ccccc2)CC1. The van der Waals surface area contributed by atoms with E-state index in [2.05, 4.69) is 72.2 Å². The molecule has 30 heavy (non-hydrogen) atoms. The zero-order valence-corrected chi connectivity index (χ0v) is 18.6. The van der Waals surface area contributed by atoms with E-state index in [4.69, 9.17) is 0 Å². The van der Waals surface area contributed by atoms with E-state index in [9.17, 15) is 9.90 Å². The summed E-state index contributed by atoms with van der Waals surface area (Å²) in [5, 5.41) is 10.9. The van der Waals surface area contributed by atoms with Crippen LogP contribution in [-0.2, 0) is 13.1 Å². The molecule has 4 nitrogen and oxygen atoms in total. The average Bonchev–Trinajstić information content (AvgIpc) is 3.11. The first-order valence-electron chi connectivity index (χ1n) is 10.8. The van der Waals surface area contributed by atoms with Gasteiger partial charge in [0.15, 0.2) is 0 Å². The fourth-order valence-electron chi connectivity index (χ4n) is 4.57. The van der Waals surface area contributed by atoms with E-state index in [1.807, 2.05) is 0 Å². The summed E-state index contributed by atoms with van der Waals surface area (Å²) in [6.07, 6.45) is 2.26. The second-order valence-electron chi connectivity index (χ2n) is 8.27. The van der Waals surface area contributed by atoms with Crippen molar-refractivity contribution in [1.29, 1.82) is 0 Å². The van der Waals surface area contributed by atoms with E-state index < -0.39 is 5.97 Å². The molecule has 0 radical (unpaired) electrons. The Kier molecular flexibility index (Phi) is 6.52. The number of carboxylic acids is 1. The molecular formula is C25H30N2O2S. The number of rotatable bonds is 7. The maximum absolute atomic E-state index is 11.9. The third kappa shape index (κ3) is 4.59. The number of aryl methyl sites for hydroxylation is 1. The molecule has 3 aromatic rings. The number of likely N-dealkylation sites (tertiary alicyclic amines) is 1. The highest BCUT2D eigenvalue weighted by atomic mass is 32.1. The fourth-order valence-corrected chi connectivity index (χ4v) is 5.72. The third-order valence-electron chi connectivity index (χ3n) is 6.23. The van der Waals surface area contributed by atoms with Crippen LogP contribution in [0.15, 0.2) is 48.5 Å². The number of thiophene rings is 1. The summed E-state index contributed by atoms with van der Waals surface area (Å²) in [6, 6.07) is 17.5. The first-order chi connectivity index (χ1) is 14.5. The molecule has 0 unspecified atom stereocenters. The molecule has 0 atom stereocenters. The Labute approximate surface area is 182 Å². The number of carboxylic acid groups (broad SMARTS) is 1. The number of aromatic carboxylic acids is 1. The topological polar surface area (TPSA) is 43.8 Å². The molecule has 1 aliphatic heterocycles. The molecule has 2 aromatic carbocycles. The largest absolute Gasteiger partial charge is 0.477 e. The van der Waals surface area contributed by atoms with E-state index in [-0.39, 0.29) is 0 Å². The zero-order chi connectivity index (χ0) is 21.1. The van der Waals surface area contributed by atoms with E-state index in [0.29, 0.717) is 17.5 Å². The van der Waals surface area contributed by atoms with Crippen LogP contribution in [0.2, 0.25) is 0 Å². The highest BCUT2D eigenvalue weighted by Crippen LogP contribution is 2.34. The lowest BCUT2D eigenvalue weighted by molar-refractivity contribution is 0.0697. The van der Waals surface area contributed by atoms with Gasteiger partial charge in [0, 0.05) is 23.8 Å². The van der Waals surface area contributed by atoms with E-state index >= 15 is 0 Å². The maximum Gasteiger partial charge on any atom is 0.346 e. The lowest BCUT2D eigenvalue weighted by Gasteiger charge is -2.38. The second kappa shape index (κ2) is 9.29. The van der Waals surface area contributed by atoms with Crippen LogP contribution in [0.3, 0.4) is 0 Å². The number of fused-ring (bicyclic) bond motifs is 1. The molecule has 158 valence electrons. The second-order valence-corrected chi connectivity index (χ2v) is 9.32. The molecule has 5 heteroatoms. The van der Waals surface area contributed by atoms with Gasteiger partial charge in [-0.3, -0.25) is 9.80 Å². The van der Waals surface area contributed by atoms with Crippen molar-refractivity contribution < 1.29 is 9.90 Å². The van der Waals surface area contributed by atoms with Crippen molar-refractivity contribution in [2.75, 3.05) is 19.6 Å². The molecule has 1 fully saturated rings. The van der Waals surface area contributed by atoms with Gasteiger partial charge in [-0.05, 0) is 67.5 Å². The summed E-state index contributed by atoms with van der Waals surface area (Å²) in [5.41, 5.74) is 3.52. The van der Waals surface area contributed by atoms with Gasteiger partial charge in [-0.25, -0.2) is 4.79 Å². The Balaban J connectivity index is 1.47. The summed E-state index contributed by atoms with van der Waals surface area (Å²) >= 11 is 1.41. The predicted molar refractivity (Wildman–Crippen MR) is 124 cm³/mol. The van der Waals surface area contributed by atoms with Crippen LogP contribution in [0.5, 0.6) is 0 Å². The molecule has 0 amide bonds. The van der Waals surface area contributed by atoms with Crippen LogP contribution in [0.1, 0.15) is 46.1 Å². The van der Waals surface area contributed by atoms with Crippen molar-refractivity contribution in [2.45, 2.75) is 45.8 Å². The highest BCUT2D eigenvalue weighted by molar-refractivity contribution is 7.21. The van der Waals surface area contributed by atoms with E-state index in [1.54, 1.807) is 0 Å². The van der Waals surface area contributed by atoms with Gasteiger partial charge in [0.2, 0.25) is 0 Å². The van der Waals surface area contributed by atoms with Crippen LogP contribution in [-0.4, -0.2) is 46.6 Å². The average molecular weight is 423 g/mol. The third-order valence-corrected chi connectivity index (χ3v) is 7.42. The lowest BCUT2D eigenvalue weighted by Crippen LogP contribution is -2.44. The standard InChI is InChI=1S/C25H30N2O2S/c1-3-27(20-11-13-26(14-12-20)16-19-7-5-4-6-8-19)17-22-21-10-9-18(2)15-23(21)30-24(22)25(28)29/h4-10,15,20H,3,11-14,16-17H2,1-2H3,(H,28,29). The number of benzene rings is 2. The summed E-state index contributed by atoms with van der Waals surface area (Å²) in [4.78, 5) is 17.4. The van der Waals surface area contributed by atoms with Crippen molar-refractivity contribution in [2.24, 2.45) is 0 Å². The Morgan fingerprint density at radius 2 is 1.90 bits per heavy atom. The summed E-state index contributed by atoms with van der Waals surface area (Å²) in [7, 11) is 0. The van der Waals surface area contributed by atoms with Gasteiger partial charge in [-0.1, -0.05) is 49.4 Å². The number of nitrogens with zero attached hydrogens (tertiary/aromatic N) is 2. The van der Waals surface area contributed by atoms with Crippen molar-refractivity contribution in [3.05, 3.63) is 70.1 Å². The van der Waals surface area contributed by atoms with Crippen molar-refractivity contribution in [3.8, 4) is 0 Å². The highest BCUT2D eigenvalue weighted by Gasteiger charge is 2.26. The van der Waals surface area contributed by atoms with Crippen LogP contribution in [0, 0.1) is 6.92 Å². The molecule has 0 spiro atoms. The van der Waals surface area contributed by atoms with Crippen LogP contribution < -0.4 is 0 Å². The molecule has 2 heterocycles. The molecular weight excluding hydrogens is 392 g/mol. The molecule has 1 aliphatic rings. The minimum absolute atomic E-state index is 0.496. The number of hydrogen-bond acceptors (Lipinski definition) is 4. The van der Waals surface area contributed by atoms with Gasteiger partial charge < -0.3 is 5.11 Å². The Morgan fingerprint density at radius 1 is 1.17 bits per heavy atom.